The molecule has 0 saturated carbocycles. The van der Waals surface area contributed by atoms with Crippen molar-refractivity contribution in [3.8, 4) is 6.07 Å². The summed E-state index contributed by atoms with van der Waals surface area (Å²) in [6.45, 7) is 3.01. The van der Waals surface area contributed by atoms with E-state index in [9.17, 15) is 0 Å². The van der Waals surface area contributed by atoms with Crippen LogP contribution in [0.4, 0.5) is 0 Å². The maximum absolute atomic E-state index is 8.57. The van der Waals surface area contributed by atoms with Crippen molar-refractivity contribution in [2.45, 2.75) is 45.2 Å². The molecule has 3 nitrogen and oxygen atoms in total. The van der Waals surface area contributed by atoms with Gasteiger partial charge in [-0.15, -0.1) is 0 Å². The van der Waals surface area contributed by atoms with Crippen LogP contribution in [0.3, 0.4) is 0 Å². The van der Waals surface area contributed by atoms with E-state index in [2.05, 4.69) is 41.1 Å². The molecule has 1 aromatic carbocycles. The van der Waals surface area contributed by atoms with Gasteiger partial charge in [0.1, 0.15) is 0 Å². The lowest BCUT2D eigenvalue weighted by Gasteiger charge is -2.03. The van der Waals surface area contributed by atoms with Crippen LogP contribution < -0.4 is 5.73 Å². The van der Waals surface area contributed by atoms with E-state index < -0.39 is 0 Å². The lowest BCUT2D eigenvalue weighted by atomic mass is 10.1. The number of para-hydroxylation sites is 1. The highest BCUT2D eigenvalue weighted by Gasteiger charge is 2.09. The van der Waals surface area contributed by atoms with Crippen molar-refractivity contribution >= 4 is 10.9 Å². The molecular weight excluding hydrogens is 234 g/mol. The van der Waals surface area contributed by atoms with Crippen molar-refractivity contribution in [1.29, 1.82) is 5.26 Å². The Balaban J connectivity index is 2.21. The van der Waals surface area contributed by atoms with Crippen LogP contribution in [-0.2, 0) is 13.0 Å². The Morgan fingerprint density at radius 2 is 2.11 bits per heavy atom. The number of nitrogens with two attached hydrogens (primary N) is 1. The van der Waals surface area contributed by atoms with Gasteiger partial charge in [-0.2, -0.15) is 5.26 Å². The fourth-order valence-electron chi connectivity index (χ4n) is 2.50. The average Bonchev–Trinajstić information content (AvgIpc) is 2.73. The summed E-state index contributed by atoms with van der Waals surface area (Å²) in [5.74, 6) is 0. The molecule has 0 saturated heterocycles. The van der Waals surface area contributed by atoms with Gasteiger partial charge in [-0.1, -0.05) is 18.2 Å². The molecule has 100 valence electrons. The summed E-state index contributed by atoms with van der Waals surface area (Å²) < 4.78 is 2.30. The Labute approximate surface area is 114 Å². The number of nitriles is 1. The van der Waals surface area contributed by atoms with E-state index in [1.165, 1.54) is 16.5 Å². The smallest absolute Gasteiger partial charge is 0.0621 e. The molecule has 0 spiro atoms. The Hall–Kier alpha value is -1.79. The number of fused-ring (bicyclic) bond motifs is 1. The largest absolute Gasteiger partial charge is 0.347 e. The molecular formula is C16H21N3. The molecule has 2 aromatic rings. The van der Waals surface area contributed by atoms with Crippen molar-refractivity contribution in [2.24, 2.45) is 5.73 Å². The highest BCUT2D eigenvalue weighted by atomic mass is 15.0. The number of benzene rings is 1. The highest BCUT2D eigenvalue weighted by Crippen LogP contribution is 2.23. The van der Waals surface area contributed by atoms with Gasteiger partial charge in [0.15, 0.2) is 0 Å². The second-order valence-corrected chi connectivity index (χ2v) is 5.16. The van der Waals surface area contributed by atoms with E-state index in [1.54, 1.807) is 0 Å². The van der Waals surface area contributed by atoms with Gasteiger partial charge in [0.25, 0.3) is 0 Å². The Morgan fingerprint density at radius 1 is 1.32 bits per heavy atom. The predicted molar refractivity (Wildman–Crippen MR) is 78.8 cm³/mol. The Morgan fingerprint density at radius 3 is 2.84 bits per heavy atom. The van der Waals surface area contributed by atoms with E-state index in [0.29, 0.717) is 6.42 Å². The number of unbranched alkanes of at least 4 members (excludes halogenated alkanes) is 2. The topological polar surface area (TPSA) is 54.7 Å². The molecule has 1 aromatic heterocycles. The first-order valence-electron chi connectivity index (χ1n) is 6.91. The van der Waals surface area contributed by atoms with Crippen LogP contribution in [0.1, 0.15) is 31.7 Å². The van der Waals surface area contributed by atoms with Gasteiger partial charge in [-0.05, 0) is 37.8 Å². The van der Waals surface area contributed by atoms with Gasteiger partial charge < -0.3 is 10.3 Å². The van der Waals surface area contributed by atoms with Crippen molar-refractivity contribution in [3.63, 3.8) is 0 Å². The molecule has 0 aliphatic rings. The maximum Gasteiger partial charge on any atom is 0.0621 e. The van der Waals surface area contributed by atoms with E-state index >= 15 is 0 Å². The number of aryl methyl sites for hydroxylation is 1. The zero-order chi connectivity index (χ0) is 13.7. The summed E-state index contributed by atoms with van der Waals surface area (Å²) in [5.41, 5.74) is 8.52. The number of rotatable bonds is 6. The van der Waals surface area contributed by atoms with Gasteiger partial charge in [-0.25, -0.2) is 0 Å². The quantitative estimate of drug-likeness (QED) is 0.806. The molecule has 1 atom stereocenters. The van der Waals surface area contributed by atoms with Gasteiger partial charge in [0, 0.05) is 36.1 Å². The summed E-state index contributed by atoms with van der Waals surface area (Å²) in [6, 6.07) is 10.8. The average molecular weight is 255 g/mol. The van der Waals surface area contributed by atoms with Crippen molar-refractivity contribution in [1.82, 2.24) is 4.57 Å². The van der Waals surface area contributed by atoms with Crippen LogP contribution in [-0.4, -0.2) is 10.6 Å². The minimum Gasteiger partial charge on any atom is -0.347 e. The predicted octanol–water partition coefficient (Wildman–Crippen LogP) is 3.22. The molecule has 0 radical (unpaired) electrons. The summed E-state index contributed by atoms with van der Waals surface area (Å²) in [4.78, 5) is 0. The number of aromatic nitrogens is 1. The van der Waals surface area contributed by atoms with Gasteiger partial charge in [0.05, 0.1) is 6.07 Å². The molecule has 0 aliphatic carbocycles. The highest BCUT2D eigenvalue weighted by molar-refractivity contribution is 5.84. The van der Waals surface area contributed by atoms with Crippen LogP contribution in [0.15, 0.2) is 30.5 Å². The van der Waals surface area contributed by atoms with Crippen LogP contribution in [0.25, 0.3) is 10.9 Å². The van der Waals surface area contributed by atoms with E-state index in [1.807, 2.05) is 6.92 Å². The molecule has 3 heteroatoms. The zero-order valence-corrected chi connectivity index (χ0v) is 11.5. The second kappa shape index (κ2) is 6.40. The molecule has 1 heterocycles. The first-order chi connectivity index (χ1) is 9.22. The first kappa shape index (κ1) is 13.6. The van der Waals surface area contributed by atoms with Crippen LogP contribution in [0, 0.1) is 11.3 Å². The molecule has 0 bridgehead atoms. The van der Waals surface area contributed by atoms with Crippen LogP contribution in [0.5, 0.6) is 0 Å². The number of nitrogens with zero attached hydrogens (tertiary/aromatic N) is 2. The summed E-state index contributed by atoms with van der Waals surface area (Å²) >= 11 is 0. The molecule has 1 unspecified atom stereocenters. The van der Waals surface area contributed by atoms with Crippen LogP contribution in [0.2, 0.25) is 0 Å². The van der Waals surface area contributed by atoms with Gasteiger partial charge in [0.2, 0.25) is 0 Å². The maximum atomic E-state index is 8.57. The SMILES string of the molecule is CC(N)Cc1cn(CCCCC#N)c2ccccc12. The Kier molecular flexibility index (Phi) is 4.59. The fourth-order valence-corrected chi connectivity index (χ4v) is 2.50. The lowest BCUT2D eigenvalue weighted by Crippen LogP contribution is -2.17. The standard InChI is InChI=1S/C16H21N3/c1-13(18)11-14-12-19(10-6-2-5-9-17)16-8-4-3-7-15(14)16/h3-4,7-8,12-13H,2,5-6,10-11,18H2,1H3. The minimum atomic E-state index is 0.179. The second-order valence-electron chi connectivity index (χ2n) is 5.16. The summed E-state index contributed by atoms with van der Waals surface area (Å²) in [5, 5.41) is 9.87. The first-order valence-corrected chi connectivity index (χ1v) is 6.91. The van der Waals surface area contributed by atoms with E-state index in [-0.39, 0.29) is 6.04 Å². The van der Waals surface area contributed by atoms with Gasteiger partial charge in [-0.3, -0.25) is 0 Å². The summed E-state index contributed by atoms with van der Waals surface area (Å²) in [6.07, 6.45) is 5.79. The van der Waals surface area contributed by atoms with Crippen LogP contribution >= 0.6 is 0 Å². The minimum absolute atomic E-state index is 0.179. The zero-order valence-electron chi connectivity index (χ0n) is 11.5. The summed E-state index contributed by atoms with van der Waals surface area (Å²) in [7, 11) is 0. The third kappa shape index (κ3) is 3.36. The van der Waals surface area contributed by atoms with Crippen molar-refractivity contribution < 1.29 is 0 Å². The van der Waals surface area contributed by atoms with Gasteiger partial charge >= 0.3 is 0 Å². The third-order valence-electron chi connectivity index (χ3n) is 3.35. The Bertz CT molecular complexity index is 575. The number of hydrogen-bond donors (Lipinski definition) is 1. The van der Waals surface area contributed by atoms with Crippen molar-refractivity contribution in [2.75, 3.05) is 0 Å². The number of hydrogen-bond acceptors (Lipinski definition) is 2. The fraction of sp³-hybridized carbons (Fsp3) is 0.438. The molecule has 0 aliphatic heterocycles. The normalized spacial score (nSPS) is 12.5. The van der Waals surface area contributed by atoms with Crippen molar-refractivity contribution in [3.05, 3.63) is 36.0 Å². The lowest BCUT2D eigenvalue weighted by molar-refractivity contribution is 0.629. The monoisotopic (exact) mass is 255 g/mol. The molecule has 0 amide bonds. The third-order valence-corrected chi connectivity index (χ3v) is 3.35. The van der Waals surface area contributed by atoms with E-state index in [4.69, 9.17) is 11.0 Å². The molecule has 2 rings (SSSR count). The molecule has 2 N–H and O–H groups in total. The molecule has 19 heavy (non-hydrogen) atoms. The molecule has 0 fully saturated rings. The van der Waals surface area contributed by atoms with E-state index in [0.717, 1.165) is 25.8 Å².